The molecule has 1 aromatic carbocycles. The second kappa shape index (κ2) is 8.99. The third-order valence-electron chi connectivity index (χ3n) is 5.27. The van der Waals surface area contributed by atoms with Gasteiger partial charge < -0.3 is 19.9 Å². The highest BCUT2D eigenvalue weighted by atomic mass is 16.5. The number of benzene rings is 1. The van der Waals surface area contributed by atoms with E-state index < -0.39 is 0 Å². The van der Waals surface area contributed by atoms with Crippen LogP contribution in [0.3, 0.4) is 0 Å². The largest absolute Gasteiger partial charge is 0.493 e. The zero-order valence-electron chi connectivity index (χ0n) is 17.6. The second-order valence-corrected chi connectivity index (χ2v) is 7.18. The van der Waals surface area contributed by atoms with Crippen LogP contribution in [0.5, 0.6) is 5.75 Å². The van der Waals surface area contributed by atoms with Crippen LogP contribution < -0.4 is 15.0 Å². The monoisotopic (exact) mass is 423 g/mol. The number of amides is 2. The predicted octanol–water partition coefficient (Wildman–Crippen LogP) is 0.841. The molecule has 0 atom stereocenters. The molecular weight excluding hydrogens is 398 g/mol. The van der Waals surface area contributed by atoms with Crippen LogP contribution in [-0.2, 0) is 11.8 Å². The fourth-order valence-corrected chi connectivity index (χ4v) is 3.67. The molecule has 162 valence electrons. The van der Waals surface area contributed by atoms with Gasteiger partial charge in [0, 0.05) is 33.2 Å². The summed E-state index contributed by atoms with van der Waals surface area (Å²) in [5.41, 5.74) is 1.20. The summed E-state index contributed by atoms with van der Waals surface area (Å²) in [4.78, 5) is 37.7. The minimum atomic E-state index is -0.323. The number of rotatable bonds is 6. The average Bonchev–Trinajstić information content (AvgIpc) is 3.19. The van der Waals surface area contributed by atoms with Gasteiger partial charge in [0.05, 0.1) is 30.3 Å². The van der Waals surface area contributed by atoms with Gasteiger partial charge in [0.25, 0.3) is 5.91 Å². The number of nitrogens with zero attached hydrogens (tertiary/aromatic N) is 6. The van der Waals surface area contributed by atoms with E-state index >= 15 is 0 Å². The van der Waals surface area contributed by atoms with Crippen molar-refractivity contribution in [2.75, 3.05) is 44.2 Å². The van der Waals surface area contributed by atoms with Crippen LogP contribution >= 0.6 is 0 Å². The molecule has 2 amide bonds. The summed E-state index contributed by atoms with van der Waals surface area (Å²) >= 11 is 0. The fraction of sp³-hybridized carbons (Fsp3) is 0.381. The van der Waals surface area contributed by atoms with E-state index in [9.17, 15) is 9.59 Å². The summed E-state index contributed by atoms with van der Waals surface area (Å²) in [7, 11) is 1.84. The number of piperazine rings is 1. The summed E-state index contributed by atoms with van der Waals surface area (Å²) < 4.78 is 7.20. The first kappa shape index (κ1) is 20.6. The molecule has 1 aliphatic heterocycles. The zero-order chi connectivity index (χ0) is 21.8. The van der Waals surface area contributed by atoms with Crippen molar-refractivity contribution < 1.29 is 14.3 Å². The number of carbonyl (C=O) groups is 2. The van der Waals surface area contributed by atoms with E-state index in [1.165, 1.54) is 6.33 Å². The summed E-state index contributed by atoms with van der Waals surface area (Å²) in [6.45, 7) is 4.66. The van der Waals surface area contributed by atoms with Crippen LogP contribution in [0, 0.1) is 0 Å². The van der Waals surface area contributed by atoms with Crippen molar-refractivity contribution >= 4 is 28.7 Å². The average molecular weight is 423 g/mol. The number of anilines is 1. The Bertz CT molecular complexity index is 1090. The molecule has 3 heterocycles. The maximum Gasteiger partial charge on any atom is 0.255 e. The van der Waals surface area contributed by atoms with Crippen LogP contribution in [0.4, 0.5) is 5.82 Å². The van der Waals surface area contributed by atoms with E-state index in [-0.39, 0.29) is 18.4 Å². The number of carbonyl (C=O) groups excluding carboxylic acids is 2. The number of aromatic nitrogens is 4. The van der Waals surface area contributed by atoms with Crippen LogP contribution in [0.25, 0.3) is 11.0 Å². The first-order valence-corrected chi connectivity index (χ1v) is 10.2. The number of hydrogen-bond donors (Lipinski definition) is 1. The van der Waals surface area contributed by atoms with Gasteiger partial charge in [0.1, 0.15) is 17.9 Å². The highest BCUT2D eigenvalue weighted by molar-refractivity contribution is 5.98. The Morgan fingerprint density at radius 1 is 1.13 bits per heavy atom. The molecule has 1 fully saturated rings. The first-order chi connectivity index (χ1) is 15.1. The van der Waals surface area contributed by atoms with Gasteiger partial charge in [-0.15, -0.1) is 0 Å². The lowest BCUT2D eigenvalue weighted by Gasteiger charge is -2.35. The predicted molar refractivity (Wildman–Crippen MR) is 115 cm³/mol. The maximum absolute atomic E-state index is 12.6. The van der Waals surface area contributed by atoms with Crippen molar-refractivity contribution in [2.45, 2.75) is 6.92 Å². The van der Waals surface area contributed by atoms with Gasteiger partial charge in [-0.25, -0.2) is 9.97 Å². The van der Waals surface area contributed by atoms with E-state index in [2.05, 4.69) is 25.3 Å². The van der Waals surface area contributed by atoms with E-state index in [0.29, 0.717) is 44.1 Å². The Kier molecular flexibility index (Phi) is 5.96. The molecule has 3 aromatic rings. The molecule has 1 aliphatic rings. The standard InChI is InChI=1S/C21H25N7O3/c1-3-31-17-7-5-4-6-15(17)21(30)22-13-18(29)27-8-10-28(11-9-27)20-16-12-25-26(2)19(16)23-14-24-20/h4-7,12,14H,3,8-11,13H2,1-2H3,(H,22,30). The normalized spacial score (nSPS) is 14.0. The lowest BCUT2D eigenvalue weighted by Crippen LogP contribution is -2.51. The van der Waals surface area contributed by atoms with Crippen molar-refractivity contribution in [1.82, 2.24) is 30.0 Å². The van der Waals surface area contributed by atoms with Crippen LogP contribution in [-0.4, -0.2) is 75.8 Å². The summed E-state index contributed by atoms with van der Waals surface area (Å²) in [5.74, 6) is 0.897. The third-order valence-corrected chi connectivity index (χ3v) is 5.27. The molecule has 2 aromatic heterocycles. The molecule has 4 rings (SSSR count). The molecule has 0 unspecified atom stereocenters. The molecule has 0 saturated carbocycles. The molecule has 0 bridgehead atoms. The fourth-order valence-electron chi connectivity index (χ4n) is 3.67. The molecule has 1 saturated heterocycles. The number of hydrogen-bond acceptors (Lipinski definition) is 7. The van der Waals surface area contributed by atoms with Crippen molar-refractivity contribution in [3.63, 3.8) is 0 Å². The minimum Gasteiger partial charge on any atom is -0.493 e. The molecule has 31 heavy (non-hydrogen) atoms. The third kappa shape index (κ3) is 4.27. The molecule has 0 spiro atoms. The quantitative estimate of drug-likeness (QED) is 0.626. The Hall–Kier alpha value is -3.69. The van der Waals surface area contributed by atoms with E-state index in [1.54, 1.807) is 34.0 Å². The molecule has 10 heteroatoms. The molecule has 0 aliphatic carbocycles. The smallest absolute Gasteiger partial charge is 0.255 e. The number of ether oxygens (including phenoxy) is 1. The molecule has 1 N–H and O–H groups in total. The molecule has 0 radical (unpaired) electrons. The SMILES string of the molecule is CCOc1ccccc1C(=O)NCC(=O)N1CCN(c2ncnc3c2cnn3C)CC1. The number of fused-ring (bicyclic) bond motifs is 1. The number of para-hydroxylation sites is 1. The number of nitrogens with one attached hydrogen (secondary N) is 1. The highest BCUT2D eigenvalue weighted by Crippen LogP contribution is 2.23. The minimum absolute atomic E-state index is 0.0559. The van der Waals surface area contributed by atoms with Crippen molar-refractivity contribution in [3.05, 3.63) is 42.4 Å². The topological polar surface area (TPSA) is 105 Å². The van der Waals surface area contributed by atoms with Crippen LogP contribution in [0.2, 0.25) is 0 Å². The van der Waals surface area contributed by atoms with Gasteiger partial charge in [-0.2, -0.15) is 5.10 Å². The lowest BCUT2D eigenvalue weighted by atomic mass is 10.2. The van der Waals surface area contributed by atoms with Gasteiger partial charge in [-0.1, -0.05) is 12.1 Å². The summed E-state index contributed by atoms with van der Waals surface area (Å²) in [6.07, 6.45) is 3.30. The molecule has 10 nitrogen and oxygen atoms in total. The van der Waals surface area contributed by atoms with E-state index in [0.717, 1.165) is 16.9 Å². The first-order valence-electron chi connectivity index (χ1n) is 10.2. The van der Waals surface area contributed by atoms with Gasteiger partial charge in [-0.3, -0.25) is 14.3 Å². The van der Waals surface area contributed by atoms with Crippen LogP contribution in [0.1, 0.15) is 17.3 Å². The van der Waals surface area contributed by atoms with Crippen molar-refractivity contribution in [2.24, 2.45) is 7.05 Å². The van der Waals surface area contributed by atoms with E-state index in [1.807, 2.05) is 20.0 Å². The zero-order valence-corrected chi connectivity index (χ0v) is 17.6. The van der Waals surface area contributed by atoms with Gasteiger partial charge in [0.15, 0.2) is 5.65 Å². The molecular formula is C21H25N7O3. The van der Waals surface area contributed by atoms with Gasteiger partial charge in [0.2, 0.25) is 5.91 Å². The van der Waals surface area contributed by atoms with Crippen LogP contribution in [0.15, 0.2) is 36.8 Å². The Morgan fingerprint density at radius 3 is 2.68 bits per heavy atom. The highest BCUT2D eigenvalue weighted by Gasteiger charge is 2.24. The Labute approximate surface area is 179 Å². The summed E-state index contributed by atoms with van der Waals surface area (Å²) in [5, 5.41) is 7.85. The maximum atomic E-state index is 12.6. The lowest BCUT2D eigenvalue weighted by molar-refractivity contribution is -0.130. The Balaban J connectivity index is 1.33. The van der Waals surface area contributed by atoms with Crippen molar-refractivity contribution in [3.8, 4) is 5.75 Å². The van der Waals surface area contributed by atoms with Gasteiger partial charge in [-0.05, 0) is 19.1 Å². The van der Waals surface area contributed by atoms with Gasteiger partial charge >= 0.3 is 0 Å². The number of aryl methyl sites for hydroxylation is 1. The van der Waals surface area contributed by atoms with Crippen molar-refractivity contribution in [1.29, 1.82) is 0 Å². The second-order valence-electron chi connectivity index (χ2n) is 7.18. The van der Waals surface area contributed by atoms with E-state index in [4.69, 9.17) is 4.74 Å². The summed E-state index contributed by atoms with van der Waals surface area (Å²) in [6, 6.07) is 7.00. The Morgan fingerprint density at radius 2 is 1.90 bits per heavy atom.